The fourth-order valence-corrected chi connectivity index (χ4v) is 2.96. The summed E-state index contributed by atoms with van der Waals surface area (Å²) < 4.78 is 0. The Balaban J connectivity index is 1.97. The average molecular weight is 276 g/mol. The van der Waals surface area contributed by atoms with Gasteiger partial charge < -0.3 is 0 Å². The first-order valence-electron chi connectivity index (χ1n) is 6.83. The summed E-state index contributed by atoms with van der Waals surface area (Å²) in [6.07, 6.45) is 2.24. The number of hydrogen-bond donors (Lipinski definition) is 1. The van der Waals surface area contributed by atoms with Crippen molar-refractivity contribution in [3.05, 3.63) is 40.5 Å². The van der Waals surface area contributed by atoms with Crippen LogP contribution >= 0.6 is 11.6 Å². The Bertz CT molecular complexity index is 577. The smallest absolute Gasteiger partial charge is 0.0983 e. The highest BCUT2D eigenvalue weighted by molar-refractivity contribution is 6.33. The van der Waals surface area contributed by atoms with Gasteiger partial charge in [0.1, 0.15) is 0 Å². The summed E-state index contributed by atoms with van der Waals surface area (Å²) in [6, 6.07) is 7.92. The Morgan fingerprint density at radius 2 is 2.21 bits per heavy atom. The van der Waals surface area contributed by atoms with Crippen molar-refractivity contribution in [1.29, 1.82) is 0 Å². The molecule has 1 aromatic heterocycles. The summed E-state index contributed by atoms with van der Waals surface area (Å²) >= 11 is 6.29. The van der Waals surface area contributed by atoms with Crippen molar-refractivity contribution < 1.29 is 0 Å². The first-order chi connectivity index (χ1) is 9.29. The molecule has 1 N–H and O–H groups in total. The molecule has 0 unspecified atom stereocenters. The first kappa shape index (κ1) is 12.7. The number of nitrogens with one attached hydrogen (secondary N) is 1. The van der Waals surface area contributed by atoms with E-state index in [0.29, 0.717) is 0 Å². The summed E-state index contributed by atoms with van der Waals surface area (Å²) in [5.74, 6) is 0. The highest BCUT2D eigenvalue weighted by Crippen LogP contribution is 2.32. The maximum Gasteiger partial charge on any atom is 0.0983 e. The number of fused-ring (bicyclic) bond motifs is 1. The van der Waals surface area contributed by atoms with Crippen molar-refractivity contribution in [1.82, 2.24) is 15.1 Å². The number of rotatable bonds is 3. The summed E-state index contributed by atoms with van der Waals surface area (Å²) in [4.78, 5) is 2.48. The molecular formula is C15H18ClN3. The number of halogens is 1. The highest BCUT2D eigenvalue weighted by Gasteiger charge is 2.22. The van der Waals surface area contributed by atoms with E-state index in [0.717, 1.165) is 42.3 Å². The van der Waals surface area contributed by atoms with E-state index in [1.165, 1.54) is 17.7 Å². The van der Waals surface area contributed by atoms with Crippen molar-refractivity contribution >= 4 is 11.6 Å². The maximum absolute atomic E-state index is 6.29. The summed E-state index contributed by atoms with van der Waals surface area (Å²) in [5.41, 5.74) is 4.62. The second kappa shape index (κ2) is 5.35. The van der Waals surface area contributed by atoms with Gasteiger partial charge in [0.05, 0.1) is 10.7 Å². The Morgan fingerprint density at radius 1 is 1.37 bits per heavy atom. The minimum Gasteiger partial charge on any atom is -0.299 e. The quantitative estimate of drug-likeness (QED) is 0.930. The molecule has 0 radical (unpaired) electrons. The third-order valence-corrected chi connectivity index (χ3v) is 4.01. The third kappa shape index (κ3) is 2.40. The van der Waals surface area contributed by atoms with Crippen LogP contribution in [0.3, 0.4) is 0 Å². The third-order valence-electron chi connectivity index (χ3n) is 3.68. The zero-order valence-corrected chi connectivity index (χ0v) is 11.9. The van der Waals surface area contributed by atoms with Crippen molar-refractivity contribution in [2.24, 2.45) is 0 Å². The van der Waals surface area contributed by atoms with Crippen LogP contribution in [0.2, 0.25) is 5.02 Å². The van der Waals surface area contributed by atoms with E-state index in [1.54, 1.807) is 0 Å². The fourth-order valence-electron chi connectivity index (χ4n) is 2.73. The van der Waals surface area contributed by atoms with Crippen LogP contribution in [0.25, 0.3) is 11.3 Å². The number of hydrogen-bond acceptors (Lipinski definition) is 2. The van der Waals surface area contributed by atoms with Crippen LogP contribution in [0, 0.1) is 0 Å². The van der Waals surface area contributed by atoms with Gasteiger partial charge in [-0.05, 0) is 19.0 Å². The lowest BCUT2D eigenvalue weighted by Gasteiger charge is -2.26. The van der Waals surface area contributed by atoms with Gasteiger partial charge >= 0.3 is 0 Å². The van der Waals surface area contributed by atoms with Crippen molar-refractivity contribution in [2.45, 2.75) is 26.3 Å². The Hall–Kier alpha value is -1.32. The number of nitrogens with zero attached hydrogens (tertiary/aromatic N) is 2. The van der Waals surface area contributed by atoms with Crippen LogP contribution in [0.4, 0.5) is 0 Å². The topological polar surface area (TPSA) is 31.9 Å². The summed E-state index contributed by atoms with van der Waals surface area (Å²) in [7, 11) is 0. The highest BCUT2D eigenvalue weighted by atomic mass is 35.5. The molecule has 0 atom stereocenters. The normalized spacial score (nSPS) is 15.5. The molecule has 4 heteroatoms. The zero-order chi connectivity index (χ0) is 13.2. The Morgan fingerprint density at radius 3 is 3.00 bits per heavy atom. The van der Waals surface area contributed by atoms with Crippen LogP contribution < -0.4 is 0 Å². The average Bonchev–Trinajstić information content (AvgIpc) is 2.83. The molecule has 0 saturated carbocycles. The van der Waals surface area contributed by atoms with E-state index < -0.39 is 0 Å². The monoisotopic (exact) mass is 275 g/mol. The minimum absolute atomic E-state index is 0.768. The van der Waals surface area contributed by atoms with Gasteiger partial charge in [-0.25, -0.2) is 0 Å². The second-order valence-corrected chi connectivity index (χ2v) is 5.44. The van der Waals surface area contributed by atoms with Gasteiger partial charge in [0.2, 0.25) is 0 Å². The fraction of sp³-hybridized carbons (Fsp3) is 0.400. The Kier molecular flexibility index (Phi) is 3.58. The molecule has 3 nitrogen and oxygen atoms in total. The largest absolute Gasteiger partial charge is 0.299 e. The van der Waals surface area contributed by atoms with Crippen LogP contribution in [-0.2, 0) is 13.0 Å². The van der Waals surface area contributed by atoms with Gasteiger partial charge in [0.15, 0.2) is 0 Å². The van der Waals surface area contributed by atoms with E-state index in [2.05, 4.69) is 22.0 Å². The molecule has 1 aliphatic heterocycles. The zero-order valence-electron chi connectivity index (χ0n) is 11.1. The predicted molar refractivity (Wildman–Crippen MR) is 78.3 cm³/mol. The molecule has 100 valence electrons. The van der Waals surface area contributed by atoms with Crippen LogP contribution in [0.5, 0.6) is 0 Å². The van der Waals surface area contributed by atoms with E-state index >= 15 is 0 Å². The molecule has 19 heavy (non-hydrogen) atoms. The molecule has 0 spiro atoms. The van der Waals surface area contributed by atoms with E-state index in [4.69, 9.17) is 11.6 Å². The molecule has 2 heterocycles. The lowest BCUT2D eigenvalue weighted by atomic mass is 10.0. The molecule has 0 amide bonds. The van der Waals surface area contributed by atoms with E-state index in [-0.39, 0.29) is 0 Å². The number of aromatic amines is 1. The van der Waals surface area contributed by atoms with Crippen LogP contribution in [0.1, 0.15) is 24.6 Å². The summed E-state index contributed by atoms with van der Waals surface area (Å²) in [5, 5.41) is 8.43. The van der Waals surface area contributed by atoms with Gasteiger partial charge in [0.25, 0.3) is 0 Å². The van der Waals surface area contributed by atoms with E-state index in [9.17, 15) is 0 Å². The molecule has 2 aromatic rings. The van der Waals surface area contributed by atoms with Crippen LogP contribution in [-0.4, -0.2) is 28.2 Å². The standard InChI is InChI=1S/C15H18ClN3/c1-2-8-19-9-7-14-12(10-19)15(18-17-14)11-5-3-4-6-13(11)16/h3-6H,2,7-10H2,1H3,(H,17,18). The molecule has 3 rings (SSSR count). The number of benzene rings is 1. The van der Waals surface area contributed by atoms with Gasteiger partial charge in [-0.2, -0.15) is 5.10 Å². The minimum atomic E-state index is 0.768. The Labute approximate surface area is 118 Å². The van der Waals surface area contributed by atoms with Gasteiger partial charge in [-0.1, -0.05) is 36.7 Å². The molecule has 0 bridgehead atoms. The van der Waals surface area contributed by atoms with Gasteiger partial charge in [-0.15, -0.1) is 0 Å². The molecule has 0 aliphatic carbocycles. The SMILES string of the molecule is CCCN1CCc2[nH]nc(-c3ccccc3Cl)c2C1. The van der Waals surface area contributed by atoms with E-state index in [1.807, 2.05) is 24.3 Å². The molecule has 0 saturated heterocycles. The molecular weight excluding hydrogens is 258 g/mol. The van der Waals surface area contributed by atoms with Gasteiger partial charge in [-0.3, -0.25) is 10.00 Å². The van der Waals surface area contributed by atoms with Crippen molar-refractivity contribution in [2.75, 3.05) is 13.1 Å². The predicted octanol–water partition coefficient (Wildman–Crippen LogP) is 3.50. The second-order valence-electron chi connectivity index (χ2n) is 5.04. The van der Waals surface area contributed by atoms with Crippen molar-refractivity contribution in [3.8, 4) is 11.3 Å². The summed E-state index contributed by atoms with van der Waals surface area (Å²) in [6.45, 7) is 5.46. The lowest BCUT2D eigenvalue weighted by molar-refractivity contribution is 0.254. The number of aromatic nitrogens is 2. The molecule has 1 aliphatic rings. The molecule has 1 aromatic carbocycles. The number of H-pyrrole nitrogens is 1. The molecule has 0 fully saturated rings. The lowest BCUT2D eigenvalue weighted by Crippen LogP contribution is -2.31. The van der Waals surface area contributed by atoms with Gasteiger partial charge in [0, 0.05) is 36.3 Å². The van der Waals surface area contributed by atoms with Crippen molar-refractivity contribution in [3.63, 3.8) is 0 Å². The maximum atomic E-state index is 6.29. The van der Waals surface area contributed by atoms with Crippen LogP contribution in [0.15, 0.2) is 24.3 Å². The first-order valence-corrected chi connectivity index (χ1v) is 7.20.